The van der Waals surface area contributed by atoms with Crippen molar-refractivity contribution in [2.24, 2.45) is 11.7 Å². The van der Waals surface area contributed by atoms with Crippen LogP contribution in [0.5, 0.6) is 0 Å². The summed E-state index contributed by atoms with van der Waals surface area (Å²) in [4.78, 5) is 35.4. The van der Waals surface area contributed by atoms with Crippen LogP contribution in [0.25, 0.3) is 0 Å². The minimum Gasteiger partial charge on any atom is -0.368 e. The number of carbonyl (C=O) groups is 3. The monoisotopic (exact) mass is 353 g/mol. The first-order valence-electron chi connectivity index (χ1n) is 7.80. The lowest BCUT2D eigenvalue weighted by Crippen LogP contribution is -2.53. The van der Waals surface area contributed by atoms with Crippen LogP contribution in [0.15, 0.2) is 24.3 Å². The topological polar surface area (TPSA) is 101 Å². The fourth-order valence-corrected chi connectivity index (χ4v) is 2.43. The molecule has 1 aromatic rings. The second-order valence-electron chi connectivity index (χ2n) is 6.18. The summed E-state index contributed by atoms with van der Waals surface area (Å²) in [7, 11) is 0. The van der Waals surface area contributed by atoms with Crippen molar-refractivity contribution in [1.82, 2.24) is 10.6 Å². The fraction of sp³-hybridized carbons (Fsp3) is 0.471. The molecule has 0 radical (unpaired) electrons. The van der Waals surface area contributed by atoms with Gasteiger partial charge in [-0.1, -0.05) is 37.6 Å². The van der Waals surface area contributed by atoms with Gasteiger partial charge in [0.05, 0.1) is 0 Å². The van der Waals surface area contributed by atoms with E-state index in [4.69, 9.17) is 17.3 Å². The van der Waals surface area contributed by atoms with Crippen molar-refractivity contribution in [2.75, 3.05) is 0 Å². The molecule has 2 atom stereocenters. The van der Waals surface area contributed by atoms with Gasteiger partial charge in [0.1, 0.15) is 12.1 Å². The van der Waals surface area contributed by atoms with Crippen LogP contribution >= 0.6 is 11.6 Å². The summed E-state index contributed by atoms with van der Waals surface area (Å²) in [6, 6.07) is 5.38. The van der Waals surface area contributed by atoms with Crippen LogP contribution in [-0.4, -0.2) is 29.8 Å². The molecule has 0 fully saturated rings. The highest BCUT2D eigenvalue weighted by atomic mass is 35.5. The first-order chi connectivity index (χ1) is 11.2. The summed E-state index contributed by atoms with van der Waals surface area (Å²) in [5.74, 6) is -1.15. The first-order valence-corrected chi connectivity index (χ1v) is 8.18. The highest BCUT2D eigenvalue weighted by Gasteiger charge is 2.25. The summed E-state index contributed by atoms with van der Waals surface area (Å²) in [5.41, 5.74) is 6.22. The lowest BCUT2D eigenvalue weighted by Gasteiger charge is -2.22. The fourth-order valence-electron chi connectivity index (χ4n) is 2.30. The number of rotatable bonds is 8. The van der Waals surface area contributed by atoms with Gasteiger partial charge in [0, 0.05) is 18.4 Å². The summed E-state index contributed by atoms with van der Waals surface area (Å²) in [6.45, 7) is 5.24. The Morgan fingerprint density at radius 1 is 1.08 bits per heavy atom. The van der Waals surface area contributed by atoms with Crippen molar-refractivity contribution < 1.29 is 14.4 Å². The third-order valence-electron chi connectivity index (χ3n) is 3.41. The van der Waals surface area contributed by atoms with Gasteiger partial charge in [-0.05, 0) is 30.0 Å². The number of carbonyl (C=O) groups excluding carboxylic acids is 3. The van der Waals surface area contributed by atoms with Gasteiger partial charge in [-0.3, -0.25) is 14.4 Å². The Morgan fingerprint density at radius 2 is 1.67 bits per heavy atom. The number of primary amides is 1. The van der Waals surface area contributed by atoms with Gasteiger partial charge in [-0.2, -0.15) is 0 Å². The van der Waals surface area contributed by atoms with Crippen molar-refractivity contribution >= 4 is 29.3 Å². The summed E-state index contributed by atoms with van der Waals surface area (Å²) >= 11 is 5.83. The third-order valence-corrected chi connectivity index (χ3v) is 3.67. The lowest BCUT2D eigenvalue weighted by molar-refractivity contribution is -0.131. The van der Waals surface area contributed by atoms with Crippen LogP contribution < -0.4 is 16.4 Å². The van der Waals surface area contributed by atoms with E-state index in [1.165, 1.54) is 6.92 Å². The average Bonchev–Trinajstić information content (AvgIpc) is 2.46. The van der Waals surface area contributed by atoms with Gasteiger partial charge in [0.15, 0.2) is 0 Å². The number of hydrogen-bond donors (Lipinski definition) is 3. The molecule has 0 saturated heterocycles. The Labute approximate surface area is 147 Å². The molecular weight excluding hydrogens is 330 g/mol. The molecule has 1 rings (SSSR count). The molecule has 6 nitrogen and oxygen atoms in total. The van der Waals surface area contributed by atoms with Crippen molar-refractivity contribution in [2.45, 2.75) is 45.7 Å². The highest BCUT2D eigenvalue weighted by molar-refractivity contribution is 6.30. The van der Waals surface area contributed by atoms with Crippen LogP contribution in [0.2, 0.25) is 5.02 Å². The summed E-state index contributed by atoms with van der Waals surface area (Å²) in [5, 5.41) is 5.82. The van der Waals surface area contributed by atoms with E-state index in [9.17, 15) is 14.4 Å². The van der Waals surface area contributed by atoms with Crippen molar-refractivity contribution in [1.29, 1.82) is 0 Å². The van der Waals surface area contributed by atoms with Crippen LogP contribution in [-0.2, 0) is 20.8 Å². The molecular formula is C17H24ClN3O3. The summed E-state index contributed by atoms with van der Waals surface area (Å²) in [6.07, 6.45) is 0.727. The standard InChI is InChI=1S/C17H24ClN3O3/c1-10(2)8-15(20-11(3)22)17(24)21-14(16(19)23)9-12-4-6-13(18)7-5-12/h4-7,10,14-15H,8-9H2,1-3H3,(H2,19,23)(H,20,22)(H,21,24)/t14-,15-/m0/s1. The van der Waals surface area contributed by atoms with E-state index in [0.29, 0.717) is 11.4 Å². The number of hydrogen-bond acceptors (Lipinski definition) is 3. The van der Waals surface area contributed by atoms with Crippen LogP contribution in [0.3, 0.4) is 0 Å². The average molecular weight is 354 g/mol. The predicted molar refractivity (Wildman–Crippen MR) is 93.3 cm³/mol. The SMILES string of the molecule is CC(=O)N[C@@H](CC(C)C)C(=O)N[C@@H](Cc1ccc(Cl)cc1)C(N)=O. The minimum atomic E-state index is -0.859. The highest BCUT2D eigenvalue weighted by Crippen LogP contribution is 2.12. The first kappa shape index (κ1) is 20.0. The quantitative estimate of drug-likeness (QED) is 0.658. The van der Waals surface area contributed by atoms with Crippen LogP contribution in [0.4, 0.5) is 0 Å². The number of nitrogens with two attached hydrogens (primary N) is 1. The van der Waals surface area contributed by atoms with Gasteiger partial charge < -0.3 is 16.4 Å². The van der Waals surface area contributed by atoms with Crippen molar-refractivity contribution in [3.63, 3.8) is 0 Å². The Kier molecular flexibility index (Phi) is 7.71. The number of halogens is 1. The maximum atomic E-state index is 12.4. The van der Waals surface area contributed by atoms with Gasteiger partial charge in [0.2, 0.25) is 17.7 Å². The Hall–Kier alpha value is -2.08. The van der Waals surface area contributed by atoms with E-state index >= 15 is 0 Å². The molecule has 7 heteroatoms. The predicted octanol–water partition coefficient (Wildman–Crippen LogP) is 1.40. The molecule has 3 amide bonds. The summed E-state index contributed by atoms with van der Waals surface area (Å²) < 4.78 is 0. The molecule has 0 heterocycles. The Balaban J connectivity index is 2.80. The Bertz CT molecular complexity index is 587. The smallest absolute Gasteiger partial charge is 0.243 e. The van der Waals surface area contributed by atoms with E-state index in [0.717, 1.165) is 5.56 Å². The van der Waals surface area contributed by atoms with E-state index in [1.54, 1.807) is 24.3 Å². The van der Waals surface area contributed by atoms with E-state index in [1.807, 2.05) is 13.8 Å². The molecule has 4 N–H and O–H groups in total. The molecule has 1 aromatic carbocycles. The maximum absolute atomic E-state index is 12.4. The molecule has 0 spiro atoms. The van der Waals surface area contributed by atoms with Gasteiger partial charge in [0.25, 0.3) is 0 Å². The zero-order valence-corrected chi connectivity index (χ0v) is 14.9. The zero-order chi connectivity index (χ0) is 18.3. The van der Waals surface area contributed by atoms with Crippen LogP contribution in [0.1, 0.15) is 32.8 Å². The molecule has 24 heavy (non-hydrogen) atoms. The molecule has 0 unspecified atom stereocenters. The largest absolute Gasteiger partial charge is 0.368 e. The van der Waals surface area contributed by atoms with Crippen LogP contribution in [0, 0.1) is 5.92 Å². The molecule has 132 valence electrons. The van der Waals surface area contributed by atoms with Gasteiger partial charge in [-0.25, -0.2) is 0 Å². The van der Waals surface area contributed by atoms with Gasteiger partial charge >= 0.3 is 0 Å². The van der Waals surface area contributed by atoms with Gasteiger partial charge in [-0.15, -0.1) is 0 Å². The molecule has 0 aliphatic rings. The number of amides is 3. The second kappa shape index (κ2) is 9.27. The van der Waals surface area contributed by atoms with E-state index in [-0.39, 0.29) is 18.2 Å². The second-order valence-corrected chi connectivity index (χ2v) is 6.61. The molecule has 0 bridgehead atoms. The van der Waals surface area contributed by atoms with Crippen molar-refractivity contribution in [3.8, 4) is 0 Å². The molecule has 0 aliphatic heterocycles. The van der Waals surface area contributed by atoms with E-state index < -0.39 is 23.9 Å². The lowest BCUT2D eigenvalue weighted by atomic mass is 10.0. The third kappa shape index (κ3) is 7.00. The Morgan fingerprint density at radius 3 is 2.12 bits per heavy atom. The van der Waals surface area contributed by atoms with E-state index in [2.05, 4.69) is 10.6 Å². The molecule has 0 aromatic heterocycles. The molecule has 0 saturated carbocycles. The minimum absolute atomic E-state index is 0.205. The number of nitrogens with one attached hydrogen (secondary N) is 2. The zero-order valence-electron chi connectivity index (χ0n) is 14.1. The number of benzene rings is 1. The maximum Gasteiger partial charge on any atom is 0.243 e. The van der Waals surface area contributed by atoms with Crippen molar-refractivity contribution in [3.05, 3.63) is 34.9 Å². The molecule has 0 aliphatic carbocycles. The normalized spacial score (nSPS) is 13.2.